The minimum absolute atomic E-state index is 0.00555. The monoisotopic (exact) mass is 340 g/mol. The molecular formula is C17H25ClN2O3. The van der Waals surface area contributed by atoms with Gasteiger partial charge in [-0.1, -0.05) is 31.9 Å². The zero-order valence-corrected chi connectivity index (χ0v) is 14.7. The van der Waals surface area contributed by atoms with Crippen molar-refractivity contribution in [2.75, 3.05) is 13.2 Å². The van der Waals surface area contributed by atoms with Crippen LogP contribution in [0.4, 0.5) is 0 Å². The lowest BCUT2D eigenvalue weighted by atomic mass is 10.0. The number of hydrogen-bond acceptors (Lipinski definition) is 3. The first-order valence-corrected chi connectivity index (χ1v) is 8.28. The Bertz CT molecular complexity index is 535. The second-order valence-electron chi connectivity index (χ2n) is 5.49. The molecule has 0 aliphatic rings. The van der Waals surface area contributed by atoms with Crippen molar-refractivity contribution in [3.63, 3.8) is 0 Å². The van der Waals surface area contributed by atoms with E-state index in [0.29, 0.717) is 36.2 Å². The van der Waals surface area contributed by atoms with Crippen LogP contribution in [0, 0.1) is 5.92 Å². The summed E-state index contributed by atoms with van der Waals surface area (Å²) in [5.74, 6) is 0.704. The predicted molar refractivity (Wildman–Crippen MR) is 91.5 cm³/mol. The third-order valence-corrected chi connectivity index (χ3v) is 3.70. The highest BCUT2D eigenvalue weighted by atomic mass is 35.5. The van der Waals surface area contributed by atoms with Crippen LogP contribution >= 0.6 is 11.6 Å². The van der Waals surface area contributed by atoms with Crippen LogP contribution in [0.1, 0.15) is 39.2 Å². The van der Waals surface area contributed by atoms with Gasteiger partial charge in [0.25, 0.3) is 5.91 Å². The van der Waals surface area contributed by atoms with Crippen molar-refractivity contribution in [3.05, 3.63) is 28.8 Å². The topological polar surface area (TPSA) is 67.4 Å². The molecule has 0 bridgehead atoms. The maximum Gasteiger partial charge on any atom is 0.257 e. The first kappa shape index (κ1) is 19.3. The van der Waals surface area contributed by atoms with Crippen molar-refractivity contribution in [2.45, 2.75) is 40.2 Å². The molecule has 128 valence electrons. The fourth-order valence-electron chi connectivity index (χ4n) is 1.95. The largest absolute Gasteiger partial charge is 0.483 e. The van der Waals surface area contributed by atoms with Crippen LogP contribution in [-0.2, 0) is 16.1 Å². The van der Waals surface area contributed by atoms with E-state index in [4.69, 9.17) is 16.3 Å². The van der Waals surface area contributed by atoms with Gasteiger partial charge in [-0.05, 0) is 31.0 Å². The molecule has 2 amide bonds. The van der Waals surface area contributed by atoms with Gasteiger partial charge in [0.1, 0.15) is 5.75 Å². The average Bonchev–Trinajstić information content (AvgIpc) is 2.52. The van der Waals surface area contributed by atoms with Gasteiger partial charge in [0.2, 0.25) is 5.91 Å². The number of likely N-dealkylation sites (N-methyl/N-ethyl adjacent to an activating group) is 1. The molecule has 23 heavy (non-hydrogen) atoms. The van der Waals surface area contributed by atoms with Crippen LogP contribution < -0.4 is 15.4 Å². The summed E-state index contributed by atoms with van der Waals surface area (Å²) in [6.45, 7) is 6.76. The van der Waals surface area contributed by atoms with Gasteiger partial charge in [-0.3, -0.25) is 9.59 Å². The quantitative estimate of drug-likeness (QED) is 0.726. The Kier molecular flexibility index (Phi) is 8.48. The summed E-state index contributed by atoms with van der Waals surface area (Å²) >= 11 is 6.00. The summed E-state index contributed by atoms with van der Waals surface area (Å²) < 4.78 is 5.52. The highest BCUT2D eigenvalue weighted by Crippen LogP contribution is 2.23. The maximum atomic E-state index is 11.9. The molecular weight excluding hydrogens is 316 g/mol. The zero-order chi connectivity index (χ0) is 17.2. The van der Waals surface area contributed by atoms with Crippen molar-refractivity contribution in [2.24, 2.45) is 5.92 Å². The summed E-state index contributed by atoms with van der Waals surface area (Å²) in [5, 5.41) is 6.09. The molecule has 0 aromatic heterocycles. The Hall–Kier alpha value is -1.75. The van der Waals surface area contributed by atoms with Gasteiger partial charge in [-0.25, -0.2) is 0 Å². The van der Waals surface area contributed by atoms with E-state index in [1.807, 2.05) is 13.8 Å². The summed E-state index contributed by atoms with van der Waals surface area (Å²) in [6, 6.07) is 5.13. The lowest BCUT2D eigenvalue weighted by molar-refractivity contribution is -0.123. The van der Waals surface area contributed by atoms with E-state index in [9.17, 15) is 9.59 Å². The van der Waals surface area contributed by atoms with Crippen molar-refractivity contribution in [3.8, 4) is 5.75 Å². The van der Waals surface area contributed by atoms with E-state index in [-0.39, 0.29) is 18.4 Å². The highest BCUT2D eigenvalue weighted by Gasteiger charge is 2.11. The number of carbonyl (C=O) groups excluding carboxylic acids is 2. The van der Waals surface area contributed by atoms with E-state index in [1.54, 1.807) is 18.2 Å². The maximum absolute atomic E-state index is 11.9. The molecule has 1 aromatic rings. The van der Waals surface area contributed by atoms with Gasteiger partial charge in [-0.15, -0.1) is 0 Å². The number of nitrogens with one attached hydrogen (secondary N) is 2. The Morgan fingerprint density at radius 3 is 2.61 bits per heavy atom. The van der Waals surface area contributed by atoms with Crippen LogP contribution in [0.15, 0.2) is 18.2 Å². The Morgan fingerprint density at radius 1 is 1.22 bits per heavy atom. The lowest BCUT2D eigenvalue weighted by Crippen LogP contribution is -2.29. The average molecular weight is 341 g/mol. The van der Waals surface area contributed by atoms with E-state index in [1.165, 1.54) is 0 Å². The van der Waals surface area contributed by atoms with Gasteiger partial charge in [-0.2, -0.15) is 0 Å². The summed E-state index contributed by atoms with van der Waals surface area (Å²) in [5.41, 5.74) is 0.749. The zero-order valence-electron chi connectivity index (χ0n) is 13.9. The first-order chi connectivity index (χ1) is 11.0. The number of hydrogen-bond donors (Lipinski definition) is 2. The lowest BCUT2D eigenvalue weighted by Gasteiger charge is -2.13. The predicted octanol–water partition coefficient (Wildman–Crippen LogP) is 2.91. The molecule has 1 unspecified atom stereocenters. The highest BCUT2D eigenvalue weighted by molar-refractivity contribution is 6.30. The van der Waals surface area contributed by atoms with E-state index in [2.05, 4.69) is 17.6 Å². The Morgan fingerprint density at radius 2 is 1.96 bits per heavy atom. The van der Waals surface area contributed by atoms with E-state index in [0.717, 1.165) is 12.0 Å². The number of carbonyl (C=O) groups is 2. The second-order valence-corrected chi connectivity index (χ2v) is 5.92. The number of amides is 2. The third-order valence-electron chi connectivity index (χ3n) is 3.46. The van der Waals surface area contributed by atoms with Crippen molar-refractivity contribution < 1.29 is 14.3 Å². The smallest absolute Gasteiger partial charge is 0.257 e. The minimum Gasteiger partial charge on any atom is -0.483 e. The van der Waals surface area contributed by atoms with Gasteiger partial charge in [0, 0.05) is 30.1 Å². The molecule has 0 spiro atoms. The molecule has 0 saturated heterocycles. The third kappa shape index (κ3) is 7.37. The van der Waals surface area contributed by atoms with Crippen LogP contribution in [0.2, 0.25) is 5.02 Å². The SMILES string of the molecule is CCNC(=O)COc1ccc(Cl)cc1CNC(=O)CC(C)CC. The summed E-state index contributed by atoms with van der Waals surface area (Å²) in [7, 11) is 0. The minimum atomic E-state index is -0.186. The molecule has 5 nitrogen and oxygen atoms in total. The molecule has 2 N–H and O–H groups in total. The van der Waals surface area contributed by atoms with Crippen LogP contribution in [-0.4, -0.2) is 25.0 Å². The van der Waals surface area contributed by atoms with Crippen LogP contribution in [0.3, 0.4) is 0 Å². The van der Waals surface area contributed by atoms with E-state index < -0.39 is 0 Å². The van der Waals surface area contributed by atoms with Gasteiger partial charge in [0.15, 0.2) is 6.61 Å². The van der Waals surface area contributed by atoms with Crippen molar-refractivity contribution >= 4 is 23.4 Å². The summed E-state index contributed by atoms with van der Waals surface area (Å²) in [6.07, 6.45) is 1.46. The molecule has 0 radical (unpaired) electrons. The van der Waals surface area contributed by atoms with Gasteiger partial charge < -0.3 is 15.4 Å². The van der Waals surface area contributed by atoms with Gasteiger partial charge >= 0.3 is 0 Å². The van der Waals surface area contributed by atoms with E-state index >= 15 is 0 Å². The molecule has 1 atom stereocenters. The molecule has 6 heteroatoms. The molecule has 1 aromatic carbocycles. The van der Waals surface area contributed by atoms with Crippen molar-refractivity contribution in [1.29, 1.82) is 0 Å². The fraction of sp³-hybridized carbons (Fsp3) is 0.529. The summed E-state index contributed by atoms with van der Waals surface area (Å²) in [4.78, 5) is 23.4. The number of benzene rings is 1. The number of ether oxygens (including phenoxy) is 1. The van der Waals surface area contributed by atoms with Crippen LogP contribution in [0.25, 0.3) is 0 Å². The standard InChI is InChI=1S/C17H25ClN2O3/c1-4-12(3)8-16(21)20-10-13-9-14(18)6-7-15(13)23-11-17(22)19-5-2/h6-7,9,12H,4-5,8,10-11H2,1-3H3,(H,19,22)(H,20,21). The molecule has 0 aliphatic heterocycles. The Labute approximate surface area is 142 Å². The normalized spacial score (nSPS) is 11.7. The van der Waals surface area contributed by atoms with Gasteiger partial charge in [0.05, 0.1) is 0 Å². The first-order valence-electron chi connectivity index (χ1n) is 7.90. The van der Waals surface area contributed by atoms with Crippen LogP contribution in [0.5, 0.6) is 5.75 Å². The molecule has 0 aliphatic carbocycles. The molecule has 0 fully saturated rings. The number of halogens is 1. The Balaban J connectivity index is 2.64. The molecule has 0 heterocycles. The molecule has 1 rings (SSSR count). The second kappa shape index (κ2) is 10.1. The fourth-order valence-corrected chi connectivity index (χ4v) is 2.14. The number of rotatable bonds is 9. The van der Waals surface area contributed by atoms with Crippen molar-refractivity contribution in [1.82, 2.24) is 10.6 Å². The molecule has 0 saturated carbocycles.